The number of aromatic nitrogens is 2. The van der Waals surface area contributed by atoms with Crippen molar-refractivity contribution in [2.24, 2.45) is 5.92 Å². The molecule has 0 amide bonds. The molecule has 1 aromatic carbocycles. The molecule has 2 heterocycles. The Labute approximate surface area is 192 Å². The predicted octanol–water partition coefficient (Wildman–Crippen LogP) is 2.15. The van der Waals surface area contributed by atoms with E-state index in [-0.39, 0.29) is 23.7 Å². The number of phenols is 1. The van der Waals surface area contributed by atoms with Crippen LogP contribution >= 0.6 is 0 Å². The van der Waals surface area contributed by atoms with Crippen LogP contribution in [0.3, 0.4) is 0 Å². The number of benzene rings is 1. The second-order valence-corrected chi connectivity index (χ2v) is 8.07. The van der Waals surface area contributed by atoms with Crippen molar-refractivity contribution in [2.75, 3.05) is 11.9 Å². The van der Waals surface area contributed by atoms with E-state index in [0.29, 0.717) is 24.3 Å². The highest BCUT2D eigenvalue weighted by atomic mass is 16.5. The fraction of sp³-hybridized carbons (Fsp3) is 0.375. The Morgan fingerprint density at radius 3 is 2.73 bits per heavy atom. The van der Waals surface area contributed by atoms with Gasteiger partial charge in [-0.1, -0.05) is 25.2 Å². The van der Waals surface area contributed by atoms with Crippen LogP contribution in [-0.4, -0.2) is 61.5 Å². The number of ether oxygens (including phenoxy) is 1. The van der Waals surface area contributed by atoms with Crippen LogP contribution in [-0.2, 0) is 16.1 Å². The Morgan fingerprint density at radius 2 is 2.00 bits per heavy atom. The van der Waals surface area contributed by atoms with Crippen molar-refractivity contribution < 1.29 is 29.6 Å². The number of aromatic hydroxyl groups is 1. The molecule has 0 spiro atoms. The van der Waals surface area contributed by atoms with Gasteiger partial charge in [-0.2, -0.15) is 0 Å². The maximum atomic E-state index is 12.9. The largest absolute Gasteiger partial charge is 0.507 e. The zero-order valence-electron chi connectivity index (χ0n) is 18.6. The van der Waals surface area contributed by atoms with Crippen molar-refractivity contribution in [3.05, 3.63) is 60.2 Å². The van der Waals surface area contributed by atoms with Crippen LogP contribution in [0, 0.1) is 5.92 Å². The quantitative estimate of drug-likeness (QED) is 0.515. The van der Waals surface area contributed by atoms with Gasteiger partial charge in [0.2, 0.25) is 0 Å². The summed E-state index contributed by atoms with van der Waals surface area (Å²) in [6.07, 6.45) is 7.50. The highest BCUT2D eigenvalue weighted by Gasteiger charge is 2.25. The lowest BCUT2D eigenvalue weighted by Gasteiger charge is -2.20. The summed E-state index contributed by atoms with van der Waals surface area (Å²) in [5, 5.41) is 34.1. The van der Waals surface area contributed by atoms with Crippen LogP contribution in [0.25, 0.3) is 6.08 Å². The molecule has 1 aromatic heterocycles. The maximum Gasteiger partial charge on any atom is 0.342 e. The smallest absolute Gasteiger partial charge is 0.342 e. The molecule has 1 aliphatic rings. The average Bonchev–Trinajstić information content (AvgIpc) is 3.29. The van der Waals surface area contributed by atoms with Crippen molar-refractivity contribution in [3.8, 4) is 5.75 Å². The molecule has 9 nitrogen and oxygen atoms in total. The van der Waals surface area contributed by atoms with Crippen molar-refractivity contribution in [1.29, 1.82) is 0 Å². The predicted molar refractivity (Wildman–Crippen MR) is 123 cm³/mol. The van der Waals surface area contributed by atoms with Crippen molar-refractivity contribution in [1.82, 2.24) is 9.55 Å². The number of aliphatic hydroxyl groups excluding tert-OH is 2. The first-order chi connectivity index (χ1) is 15.8. The van der Waals surface area contributed by atoms with Crippen molar-refractivity contribution in [2.45, 2.75) is 45.1 Å². The van der Waals surface area contributed by atoms with Gasteiger partial charge in [0.05, 0.1) is 12.4 Å². The lowest BCUT2D eigenvalue weighted by Crippen LogP contribution is -2.32. The summed E-state index contributed by atoms with van der Waals surface area (Å²) < 4.78 is 7.43. The number of rotatable bonds is 4. The van der Waals surface area contributed by atoms with E-state index in [2.05, 4.69) is 10.3 Å². The third kappa shape index (κ3) is 6.30. The molecule has 0 saturated heterocycles. The van der Waals surface area contributed by atoms with Crippen LogP contribution in [0.15, 0.2) is 49.1 Å². The molecular weight excluding hydrogens is 426 g/mol. The first-order valence-corrected chi connectivity index (χ1v) is 10.8. The molecular formula is C24H29N3O6. The fourth-order valence-electron chi connectivity index (χ4n) is 3.34. The molecule has 0 fully saturated rings. The van der Waals surface area contributed by atoms with Gasteiger partial charge in [0.15, 0.2) is 5.78 Å². The summed E-state index contributed by atoms with van der Waals surface area (Å²) in [7, 11) is 0. The standard InChI is InChI=1S/C24H29N3O6/c1-15-6-7-20(29)23(31)19(28)5-3-4-17-12-18(26-9-11-27-10-8-25-14-27)13-21(30)22(17)24(32)33-16(15)2/h3-4,6-8,10,12-16,19,23,26,28,30-31H,5,9,11H2,1-2H3/b4-3+,7-6-/t15-,16+,19+,23+/m1/s1. The third-order valence-corrected chi connectivity index (χ3v) is 5.54. The van der Waals surface area contributed by atoms with E-state index < -0.39 is 30.1 Å². The van der Waals surface area contributed by atoms with E-state index in [0.717, 1.165) is 0 Å². The number of aliphatic hydroxyl groups is 2. The van der Waals surface area contributed by atoms with Crippen LogP contribution in [0.4, 0.5) is 5.69 Å². The summed E-state index contributed by atoms with van der Waals surface area (Å²) in [6, 6.07) is 3.14. The second kappa shape index (κ2) is 10.9. The third-order valence-electron chi connectivity index (χ3n) is 5.54. The number of esters is 1. The number of phenolic OH excluding ortho intramolecular Hbond substituents is 1. The van der Waals surface area contributed by atoms with Gasteiger partial charge in [-0.25, -0.2) is 9.78 Å². The minimum Gasteiger partial charge on any atom is -0.507 e. The van der Waals surface area contributed by atoms with Gasteiger partial charge in [-0.3, -0.25) is 4.79 Å². The van der Waals surface area contributed by atoms with Gasteiger partial charge in [-0.05, 0) is 31.1 Å². The Kier molecular flexibility index (Phi) is 8.02. The molecule has 176 valence electrons. The van der Waals surface area contributed by atoms with Gasteiger partial charge < -0.3 is 29.9 Å². The molecule has 2 aromatic rings. The van der Waals surface area contributed by atoms with E-state index in [1.54, 1.807) is 38.5 Å². The number of anilines is 1. The maximum absolute atomic E-state index is 12.9. The molecule has 1 aliphatic heterocycles. The zero-order chi connectivity index (χ0) is 24.0. The number of hydrogen-bond donors (Lipinski definition) is 4. The molecule has 0 aliphatic carbocycles. The molecule has 0 bridgehead atoms. The zero-order valence-corrected chi connectivity index (χ0v) is 18.6. The number of nitrogens with zero attached hydrogens (tertiary/aromatic N) is 2. The summed E-state index contributed by atoms with van der Waals surface area (Å²) in [5.41, 5.74) is 0.966. The van der Waals surface area contributed by atoms with E-state index >= 15 is 0 Å². The molecule has 0 unspecified atom stereocenters. The van der Waals surface area contributed by atoms with Crippen molar-refractivity contribution in [3.63, 3.8) is 0 Å². The van der Waals surface area contributed by atoms with Crippen LogP contribution in [0.5, 0.6) is 5.75 Å². The molecule has 33 heavy (non-hydrogen) atoms. The number of fused-ring (bicyclic) bond motifs is 1. The van der Waals surface area contributed by atoms with Gasteiger partial charge in [0.1, 0.15) is 23.5 Å². The summed E-state index contributed by atoms with van der Waals surface area (Å²) >= 11 is 0. The Bertz CT molecular complexity index is 1030. The molecule has 4 N–H and O–H groups in total. The molecule has 9 heteroatoms. The molecule has 3 rings (SSSR count). The summed E-state index contributed by atoms with van der Waals surface area (Å²) in [5.74, 6) is -1.91. The first-order valence-electron chi connectivity index (χ1n) is 10.8. The van der Waals surface area contributed by atoms with Gasteiger partial charge in [0, 0.05) is 43.2 Å². The second-order valence-electron chi connectivity index (χ2n) is 8.07. The van der Waals surface area contributed by atoms with Gasteiger partial charge in [-0.15, -0.1) is 0 Å². The number of ketones is 1. The van der Waals surface area contributed by atoms with Crippen LogP contribution in [0.1, 0.15) is 36.2 Å². The minimum atomic E-state index is -1.57. The molecule has 4 atom stereocenters. The number of carbonyl (C=O) groups excluding carboxylic acids is 2. The monoisotopic (exact) mass is 455 g/mol. The number of cyclic esters (lactones) is 1. The number of imidazole rings is 1. The number of nitrogens with one attached hydrogen (secondary N) is 1. The molecule has 0 radical (unpaired) electrons. The summed E-state index contributed by atoms with van der Waals surface area (Å²) in [6.45, 7) is 4.63. The van der Waals surface area contributed by atoms with Crippen LogP contribution < -0.4 is 5.32 Å². The highest BCUT2D eigenvalue weighted by Crippen LogP contribution is 2.30. The van der Waals surface area contributed by atoms with E-state index in [1.807, 2.05) is 10.8 Å². The Morgan fingerprint density at radius 1 is 1.21 bits per heavy atom. The molecule has 0 saturated carbocycles. The summed E-state index contributed by atoms with van der Waals surface area (Å²) in [4.78, 5) is 29.0. The normalized spacial score (nSPS) is 26.1. The Hall–Kier alpha value is -3.43. The number of hydrogen-bond acceptors (Lipinski definition) is 8. The van der Waals surface area contributed by atoms with Crippen molar-refractivity contribution >= 4 is 23.5 Å². The van der Waals surface area contributed by atoms with E-state index in [4.69, 9.17) is 4.74 Å². The minimum absolute atomic E-state index is 0.00221. The fourth-order valence-corrected chi connectivity index (χ4v) is 3.34. The average molecular weight is 456 g/mol. The van der Waals surface area contributed by atoms with E-state index in [1.165, 1.54) is 24.3 Å². The lowest BCUT2D eigenvalue weighted by atomic mass is 9.99. The van der Waals surface area contributed by atoms with E-state index in [9.17, 15) is 24.9 Å². The highest BCUT2D eigenvalue weighted by molar-refractivity contribution is 5.97. The first kappa shape index (κ1) is 24.2. The van der Waals surface area contributed by atoms with Crippen LogP contribution in [0.2, 0.25) is 0 Å². The van der Waals surface area contributed by atoms with Gasteiger partial charge in [0.25, 0.3) is 0 Å². The Balaban J connectivity index is 1.89. The topological polar surface area (TPSA) is 134 Å². The van der Waals surface area contributed by atoms with Gasteiger partial charge >= 0.3 is 5.97 Å². The SMILES string of the molecule is C[C@@H]1/C=C\C(=O)[C@@H](O)[C@@H](O)C/C=C/c2cc(NCCn3ccnc3)cc(O)c2C(=O)O[C@H]1C. The number of carbonyl (C=O) groups is 2. The lowest BCUT2D eigenvalue weighted by molar-refractivity contribution is -0.127.